The van der Waals surface area contributed by atoms with Crippen molar-refractivity contribution < 1.29 is 4.79 Å². The van der Waals surface area contributed by atoms with Crippen LogP contribution in [0.5, 0.6) is 0 Å². The largest absolute Gasteiger partial charge is 0.334 e. The first kappa shape index (κ1) is 18.2. The van der Waals surface area contributed by atoms with E-state index in [4.69, 9.17) is 5.10 Å². The predicted molar refractivity (Wildman–Crippen MR) is 106 cm³/mol. The molecule has 0 N–H and O–H groups in total. The zero-order valence-corrected chi connectivity index (χ0v) is 16.3. The molecule has 1 aromatic heterocycles. The van der Waals surface area contributed by atoms with Gasteiger partial charge in [-0.3, -0.25) is 14.4 Å². The Morgan fingerprint density at radius 3 is 2.52 bits per heavy atom. The summed E-state index contributed by atoms with van der Waals surface area (Å²) >= 11 is 0. The third-order valence-corrected chi connectivity index (χ3v) is 5.93. The van der Waals surface area contributed by atoms with Gasteiger partial charge in [0.05, 0.1) is 30.5 Å². The fourth-order valence-corrected chi connectivity index (χ4v) is 4.31. The molecule has 5 heteroatoms. The van der Waals surface area contributed by atoms with Crippen molar-refractivity contribution in [2.24, 2.45) is 0 Å². The summed E-state index contributed by atoms with van der Waals surface area (Å²) in [6.07, 6.45) is 5.87. The van der Waals surface area contributed by atoms with Crippen molar-refractivity contribution in [1.82, 2.24) is 19.6 Å². The third kappa shape index (κ3) is 4.24. The monoisotopic (exact) mass is 366 g/mol. The number of likely N-dealkylation sites (tertiary alicyclic amines) is 1. The fraction of sp³-hybridized carbons (Fsp3) is 0.545. The molecule has 1 fully saturated rings. The molecule has 27 heavy (non-hydrogen) atoms. The summed E-state index contributed by atoms with van der Waals surface area (Å²) in [5, 5.41) is 4.76. The van der Waals surface area contributed by atoms with Crippen LogP contribution in [-0.4, -0.2) is 51.2 Å². The molecule has 3 heterocycles. The first-order chi connectivity index (χ1) is 13.2. The van der Waals surface area contributed by atoms with Crippen LogP contribution in [0, 0.1) is 0 Å². The minimum absolute atomic E-state index is 0.0126. The lowest BCUT2D eigenvalue weighted by Crippen LogP contribution is -2.49. The summed E-state index contributed by atoms with van der Waals surface area (Å²) in [6, 6.07) is 12.6. The van der Waals surface area contributed by atoms with Gasteiger partial charge in [-0.25, -0.2) is 0 Å². The minimum atomic E-state index is -0.0126. The van der Waals surface area contributed by atoms with Gasteiger partial charge in [0.15, 0.2) is 0 Å². The van der Waals surface area contributed by atoms with E-state index in [0.29, 0.717) is 6.54 Å². The lowest BCUT2D eigenvalue weighted by Gasteiger charge is -2.34. The average molecular weight is 367 g/mol. The second-order valence-corrected chi connectivity index (χ2v) is 7.90. The van der Waals surface area contributed by atoms with Crippen LogP contribution in [-0.2, 0) is 24.3 Å². The second kappa shape index (κ2) is 8.26. The number of nitrogens with zero attached hydrogens (tertiary/aromatic N) is 4. The Morgan fingerprint density at radius 2 is 1.78 bits per heavy atom. The maximum atomic E-state index is 13.1. The van der Waals surface area contributed by atoms with E-state index in [1.165, 1.54) is 31.2 Å². The first-order valence-electron chi connectivity index (χ1n) is 10.3. The highest BCUT2D eigenvalue weighted by atomic mass is 16.2. The summed E-state index contributed by atoms with van der Waals surface area (Å²) in [5.41, 5.74) is 3.52. The molecule has 0 spiro atoms. The molecule has 2 aliphatic heterocycles. The van der Waals surface area contributed by atoms with Crippen molar-refractivity contribution in [1.29, 1.82) is 0 Å². The number of carbonyl (C=O) groups is 1. The number of carbonyl (C=O) groups excluding carboxylic acids is 1. The van der Waals surface area contributed by atoms with E-state index in [9.17, 15) is 4.79 Å². The lowest BCUT2D eigenvalue weighted by atomic mass is 10.1. The fourth-order valence-electron chi connectivity index (χ4n) is 4.31. The Morgan fingerprint density at radius 1 is 1.04 bits per heavy atom. The second-order valence-electron chi connectivity index (χ2n) is 7.90. The maximum Gasteiger partial charge on any atom is 0.240 e. The number of benzene rings is 1. The van der Waals surface area contributed by atoms with E-state index in [1.54, 1.807) is 0 Å². The molecular weight excluding hydrogens is 336 g/mol. The molecule has 0 aliphatic carbocycles. The number of amides is 1. The number of rotatable bonds is 4. The van der Waals surface area contributed by atoms with Crippen molar-refractivity contribution in [3.05, 3.63) is 53.3 Å². The van der Waals surface area contributed by atoms with Gasteiger partial charge in [-0.2, -0.15) is 5.10 Å². The zero-order valence-electron chi connectivity index (χ0n) is 16.3. The van der Waals surface area contributed by atoms with E-state index in [0.717, 1.165) is 44.0 Å². The smallest absolute Gasteiger partial charge is 0.240 e. The van der Waals surface area contributed by atoms with Crippen LogP contribution in [0.4, 0.5) is 0 Å². The van der Waals surface area contributed by atoms with Gasteiger partial charge in [-0.1, -0.05) is 43.2 Å². The van der Waals surface area contributed by atoms with Crippen LogP contribution >= 0.6 is 0 Å². The molecule has 5 nitrogen and oxygen atoms in total. The summed E-state index contributed by atoms with van der Waals surface area (Å²) < 4.78 is 2.08. The van der Waals surface area contributed by atoms with Crippen LogP contribution in [0.25, 0.3) is 0 Å². The zero-order chi connectivity index (χ0) is 18.6. The standard InChI is InChI=1S/C22H30N4O/c1-18(24-11-7-2-3-8-12-24)22(27)25-13-14-26-21(17-25)16-20(23-26)15-19-9-5-4-6-10-19/h4-6,9-10,16,18H,2-3,7-8,11-15,17H2,1H3. The quantitative estimate of drug-likeness (QED) is 0.835. The molecule has 0 radical (unpaired) electrons. The van der Waals surface area contributed by atoms with Crippen molar-refractivity contribution in [2.75, 3.05) is 19.6 Å². The van der Waals surface area contributed by atoms with Crippen LogP contribution in [0.3, 0.4) is 0 Å². The number of aromatic nitrogens is 2. The molecule has 2 aromatic rings. The summed E-state index contributed by atoms with van der Waals surface area (Å²) in [4.78, 5) is 17.5. The topological polar surface area (TPSA) is 41.4 Å². The molecule has 1 unspecified atom stereocenters. The van der Waals surface area contributed by atoms with Gasteiger partial charge in [-0.05, 0) is 44.5 Å². The Hall–Kier alpha value is -2.14. The Balaban J connectivity index is 1.41. The highest BCUT2D eigenvalue weighted by molar-refractivity contribution is 5.81. The molecule has 1 atom stereocenters. The van der Waals surface area contributed by atoms with Crippen LogP contribution < -0.4 is 0 Å². The first-order valence-corrected chi connectivity index (χ1v) is 10.3. The molecule has 1 amide bonds. The Labute approximate surface area is 162 Å². The molecule has 0 bridgehead atoms. The summed E-state index contributed by atoms with van der Waals surface area (Å²) in [6.45, 7) is 6.43. The van der Waals surface area contributed by atoms with Crippen molar-refractivity contribution in [3.63, 3.8) is 0 Å². The number of hydrogen-bond donors (Lipinski definition) is 0. The Bertz CT molecular complexity index is 762. The van der Waals surface area contributed by atoms with Crippen molar-refractivity contribution in [3.8, 4) is 0 Å². The minimum Gasteiger partial charge on any atom is -0.334 e. The van der Waals surface area contributed by atoms with E-state index >= 15 is 0 Å². The highest BCUT2D eigenvalue weighted by Gasteiger charge is 2.29. The van der Waals surface area contributed by atoms with Gasteiger partial charge in [0.2, 0.25) is 5.91 Å². The summed E-state index contributed by atoms with van der Waals surface area (Å²) in [7, 11) is 0. The van der Waals surface area contributed by atoms with E-state index in [1.807, 2.05) is 11.0 Å². The van der Waals surface area contributed by atoms with Gasteiger partial charge >= 0.3 is 0 Å². The van der Waals surface area contributed by atoms with Gasteiger partial charge in [0, 0.05) is 13.0 Å². The molecule has 4 rings (SSSR count). The van der Waals surface area contributed by atoms with E-state index in [2.05, 4.69) is 46.8 Å². The van der Waals surface area contributed by atoms with Gasteiger partial charge in [0.1, 0.15) is 0 Å². The average Bonchev–Trinajstić information content (AvgIpc) is 2.90. The Kier molecular flexibility index (Phi) is 5.58. The van der Waals surface area contributed by atoms with Crippen LogP contribution in [0.15, 0.2) is 36.4 Å². The lowest BCUT2D eigenvalue weighted by molar-refractivity contribution is -0.138. The predicted octanol–water partition coefficient (Wildman–Crippen LogP) is 3.08. The number of hydrogen-bond acceptors (Lipinski definition) is 3. The van der Waals surface area contributed by atoms with E-state index in [-0.39, 0.29) is 11.9 Å². The van der Waals surface area contributed by atoms with Crippen molar-refractivity contribution >= 4 is 5.91 Å². The molecular formula is C22H30N4O. The number of fused-ring (bicyclic) bond motifs is 1. The molecule has 144 valence electrons. The van der Waals surface area contributed by atoms with Crippen LogP contribution in [0.2, 0.25) is 0 Å². The summed E-state index contributed by atoms with van der Waals surface area (Å²) in [5.74, 6) is 0.272. The maximum absolute atomic E-state index is 13.1. The SMILES string of the molecule is CC(C(=O)N1CCn2nc(Cc3ccccc3)cc2C1)N1CCCCCC1. The van der Waals surface area contributed by atoms with Crippen molar-refractivity contribution in [2.45, 2.75) is 58.2 Å². The van der Waals surface area contributed by atoms with Gasteiger partial charge in [0.25, 0.3) is 0 Å². The molecule has 1 saturated heterocycles. The molecule has 1 aromatic carbocycles. The van der Waals surface area contributed by atoms with E-state index < -0.39 is 0 Å². The van der Waals surface area contributed by atoms with Gasteiger partial charge in [-0.15, -0.1) is 0 Å². The highest BCUT2D eigenvalue weighted by Crippen LogP contribution is 2.19. The van der Waals surface area contributed by atoms with Gasteiger partial charge < -0.3 is 4.90 Å². The molecule has 2 aliphatic rings. The normalized spacial score (nSPS) is 19.4. The third-order valence-electron chi connectivity index (χ3n) is 5.93. The molecule has 0 saturated carbocycles. The van der Waals surface area contributed by atoms with Crippen LogP contribution in [0.1, 0.15) is 49.6 Å².